The van der Waals surface area contributed by atoms with E-state index in [2.05, 4.69) is 30.6 Å². The highest BCUT2D eigenvalue weighted by Gasteiger charge is 2.55. The van der Waals surface area contributed by atoms with E-state index in [9.17, 15) is 19.2 Å². The lowest BCUT2D eigenvalue weighted by molar-refractivity contribution is -0.282. The highest BCUT2D eigenvalue weighted by molar-refractivity contribution is 6.00. The Kier molecular flexibility index (Phi) is 13.4. The highest BCUT2D eigenvalue weighted by atomic mass is 16.7. The van der Waals surface area contributed by atoms with Gasteiger partial charge in [0.05, 0.1) is 24.2 Å². The molecule has 0 aliphatic carbocycles. The van der Waals surface area contributed by atoms with Gasteiger partial charge < -0.3 is 33.9 Å². The first kappa shape index (κ1) is 39.3. The molecule has 0 amide bonds. The first-order chi connectivity index (χ1) is 21.9. The van der Waals surface area contributed by atoms with Crippen LogP contribution in [0.2, 0.25) is 0 Å². The maximum absolute atomic E-state index is 14.3. The Morgan fingerprint density at radius 1 is 1.11 bits per heavy atom. The molecule has 11 heteroatoms. The smallest absolute Gasteiger partial charge is 0.316 e. The number of ketones is 2. The van der Waals surface area contributed by atoms with Gasteiger partial charge in [0, 0.05) is 29.8 Å². The highest BCUT2D eigenvalue weighted by Crippen LogP contribution is 2.42. The Morgan fingerprint density at radius 2 is 1.77 bits per heavy atom. The Hall–Kier alpha value is -2.18. The standard InChI is InChI=1S/C36H60N2O9/c1-13-26(39)19-43-35(9)17-20(3)18-37-25(8)27-16-30(40)47-36(27,10)29(14-2)45-33(42)24(7)31(41)23(6)32(35)46-34-22(5)28(38(11)12)15-21(4)44-34/h13,20-25,27-29,32,34,37H,1,14-19H2,2-12H3/t20-,21?,22?,23+,24-,25-,27-,28?,29-,32-,34?,35-,36+/m1/s1. The van der Waals surface area contributed by atoms with Crippen LogP contribution in [0.5, 0.6) is 0 Å². The molecule has 3 fully saturated rings. The molecular weight excluding hydrogens is 604 g/mol. The van der Waals surface area contributed by atoms with Crippen molar-refractivity contribution in [1.82, 2.24) is 10.2 Å². The molecule has 0 bridgehead atoms. The van der Waals surface area contributed by atoms with Crippen LogP contribution >= 0.6 is 0 Å². The van der Waals surface area contributed by atoms with E-state index in [0.29, 0.717) is 19.4 Å². The van der Waals surface area contributed by atoms with Gasteiger partial charge in [0.2, 0.25) is 0 Å². The largest absolute Gasteiger partial charge is 0.458 e. The molecule has 3 rings (SSSR count). The second-order valence-corrected chi connectivity index (χ2v) is 15.0. The number of cyclic esters (lactones) is 1. The number of carbonyl (C=O) groups is 4. The van der Waals surface area contributed by atoms with E-state index < -0.39 is 47.5 Å². The number of Topliss-reactive ketones (excluding diaryl/α,β-unsaturated/α-hetero) is 1. The van der Waals surface area contributed by atoms with Crippen LogP contribution in [0.15, 0.2) is 12.7 Å². The summed E-state index contributed by atoms with van der Waals surface area (Å²) >= 11 is 0. The fourth-order valence-corrected chi connectivity index (χ4v) is 7.99. The van der Waals surface area contributed by atoms with E-state index in [-0.39, 0.29) is 66.5 Å². The van der Waals surface area contributed by atoms with Gasteiger partial charge in [-0.2, -0.15) is 0 Å². The zero-order valence-corrected chi connectivity index (χ0v) is 30.5. The summed E-state index contributed by atoms with van der Waals surface area (Å²) in [5, 5.41) is 3.60. The van der Waals surface area contributed by atoms with Crippen LogP contribution in [0, 0.1) is 29.6 Å². The lowest BCUT2D eigenvalue weighted by Gasteiger charge is -2.47. The van der Waals surface area contributed by atoms with Crippen LogP contribution < -0.4 is 5.32 Å². The average molecular weight is 665 g/mol. The Bertz CT molecular complexity index is 1150. The number of rotatable bonds is 8. The molecule has 0 radical (unpaired) electrons. The SMILES string of the molecule is C=CC(=O)CO[C@]1(C)C[C@@H](C)CN[C@H](C)[C@H]2CC(=O)O[C@]2(C)[C@@H](CC)OC(=O)[C@H](C)C(=O)[C@H](C)[C@H]1OC1OC(C)CC(N(C)C)C1C. The summed E-state index contributed by atoms with van der Waals surface area (Å²) in [4.78, 5) is 55.2. The monoisotopic (exact) mass is 664 g/mol. The van der Waals surface area contributed by atoms with E-state index in [0.717, 1.165) is 6.42 Å². The van der Waals surface area contributed by atoms with E-state index in [1.54, 1.807) is 13.8 Å². The minimum atomic E-state index is -1.15. The molecule has 47 heavy (non-hydrogen) atoms. The molecule has 1 N–H and O–H groups in total. The number of hydrogen-bond donors (Lipinski definition) is 1. The predicted molar refractivity (Wildman–Crippen MR) is 177 cm³/mol. The third kappa shape index (κ3) is 8.90. The topological polar surface area (TPSA) is 130 Å². The third-order valence-electron chi connectivity index (χ3n) is 10.8. The number of esters is 2. The fraction of sp³-hybridized carbons (Fsp3) is 0.833. The summed E-state index contributed by atoms with van der Waals surface area (Å²) in [6.45, 7) is 20.9. The molecule has 268 valence electrons. The van der Waals surface area contributed by atoms with Gasteiger partial charge in [-0.15, -0.1) is 0 Å². The van der Waals surface area contributed by atoms with Crippen molar-refractivity contribution in [3.8, 4) is 0 Å². The molecule has 13 atom stereocenters. The van der Waals surface area contributed by atoms with Gasteiger partial charge in [-0.25, -0.2) is 0 Å². The van der Waals surface area contributed by atoms with E-state index in [1.807, 2.05) is 48.7 Å². The van der Waals surface area contributed by atoms with Crippen molar-refractivity contribution in [3.05, 3.63) is 12.7 Å². The fourth-order valence-electron chi connectivity index (χ4n) is 7.99. The molecular formula is C36H60N2O9. The lowest BCUT2D eigenvalue weighted by atomic mass is 9.78. The normalized spacial score (nSPS) is 42.6. The number of hydrogen-bond acceptors (Lipinski definition) is 11. The van der Waals surface area contributed by atoms with Crippen molar-refractivity contribution >= 4 is 23.5 Å². The summed E-state index contributed by atoms with van der Waals surface area (Å²) in [6.07, 6.45) is 0.670. The minimum Gasteiger partial charge on any atom is -0.458 e. The molecule has 0 spiro atoms. The summed E-state index contributed by atoms with van der Waals surface area (Å²) < 4.78 is 31.6. The van der Waals surface area contributed by atoms with Crippen LogP contribution in [0.4, 0.5) is 0 Å². The van der Waals surface area contributed by atoms with Gasteiger partial charge in [0.1, 0.15) is 18.6 Å². The lowest BCUT2D eigenvalue weighted by Crippen LogP contribution is -2.57. The van der Waals surface area contributed by atoms with Gasteiger partial charge in [-0.3, -0.25) is 19.2 Å². The number of nitrogens with zero attached hydrogens (tertiary/aromatic N) is 1. The Morgan fingerprint density at radius 3 is 2.36 bits per heavy atom. The van der Waals surface area contributed by atoms with Crippen molar-refractivity contribution < 1.29 is 42.9 Å². The van der Waals surface area contributed by atoms with Crippen molar-refractivity contribution in [2.24, 2.45) is 29.6 Å². The predicted octanol–water partition coefficient (Wildman–Crippen LogP) is 4.11. The maximum Gasteiger partial charge on any atom is 0.316 e. The summed E-state index contributed by atoms with van der Waals surface area (Å²) in [5.41, 5.74) is -2.21. The average Bonchev–Trinajstić information content (AvgIpc) is 3.33. The van der Waals surface area contributed by atoms with Crippen molar-refractivity contribution in [2.75, 3.05) is 27.2 Å². The maximum atomic E-state index is 14.3. The molecule has 0 aromatic rings. The van der Waals surface area contributed by atoms with E-state index >= 15 is 0 Å². The number of carbonyl (C=O) groups excluding carboxylic acids is 4. The number of ether oxygens (including phenoxy) is 5. The minimum absolute atomic E-state index is 0.0143. The Balaban J connectivity index is 2.10. The van der Waals surface area contributed by atoms with Crippen LogP contribution in [-0.4, -0.2) is 104 Å². The molecule has 3 heterocycles. The van der Waals surface area contributed by atoms with Gasteiger partial charge >= 0.3 is 11.9 Å². The molecule has 3 aliphatic heterocycles. The third-order valence-corrected chi connectivity index (χ3v) is 10.8. The number of fused-ring (bicyclic) bond motifs is 1. The van der Waals surface area contributed by atoms with Crippen molar-refractivity contribution in [2.45, 2.75) is 136 Å². The van der Waals surface area contributed by atoms with E-state index in [4.69, 9.17) is 23.7 Å². The van der Waals surface area contributed by atoms with Gasteiger partial charge in [0.15, 0.2) is 23.5 Å². The zero-order chi connectivity index (χ0) is 35.4. The van der Waals surface area contributed by atoms with Gasteiger partial charge in [-0.05, 0) is 86.5 Å². The quantitative estimate of drug-likeness (QED) is 0.229. The molecule has 3 saturated heterocycles. The Labute approximate surface area is 281 Å². The molecule has 4 unspecified atom stereocenters. The molecule has 0 aromatic heterocycles. The van der Waals surface area contributed by atoms with Crippen LogP contribution in [0.25, 0.3) is 0 Å². The van der Waals surface area contributed by atoms with Gasteiger partial charge in [0.25, 0.3) is 0 Å². The van der Waals surface area contributed by atoms with Crippen molar-refractivity contribution in [1.29, 1.82) is 0 Å². The van der Waals surface area contributed by atoms with Crippen LogP contribution in [-0.2, 0) is 42.9 Å². The van der Waals surface area contributed by atoms with Crippen molar-refractivity contribution in [3.63, 3.8) is 0 Å². The van der Waals surface area contributed by atoms with Gasteiger partial charge in [-0.1, -0.05) is 34.3 Å². The molecule has 3 aliphatic rings. The van der Waals surface area contributed by atoms with Crippen LogP contribution in [0.3, 0.4) is 0 Å². The summed E-state index contributed by atoms with van der Waals surface area (Å²) in [6, 6.07) is 0.0122. The summed E-state index contributed by atoms with van der Waals surface area (Å²) in [7, 11) is 4.06. The first-order valence-corrected chi connectivity index (χ1v) is 17.3. The summed E-state index contributed by atoms with van der Waals surface area (Å²) in [5.74, 6) is -4.01. The van der Waals surface area contributed by atoms with Crippen LogP contribution in [0.1, 0.15) is 88.0 Å². The molecule has 0 aromatic carbocycles. The second kappa shape index (κ2) is 16.0. The first-order valence-electron chi connectivity index (χ1n) is 17.3. The molecule has 11 nitrogen and oxygen atoms in total. The molecule has 0 saturated carbocycles. The van der Waals surface area contributed by atoms with E-state index in [1.165, 1.54) is 6.08 Å². The zero-order valence-electron chi connectivity index (χ0n) is 30.5. The number of nitrogens with one attached hydrogen (secondary N) is 1. The second-order valence-electron chi connectivity index (χ2n) is 15.0.